The molecular formula is C23H22BrN3O2S. The van der Waals surface area contributed by atoms with Crippen molar-refractivity contribution in [3.05, 3.63) is 74.2 Å². The highest BCUT2D eigenvalue weighted by Gasteiger charge is 2.30. The molecule has 0 aliphatic heterocycles. The molecule has 4 rings (SSSR count). The van der Waals surface area contributed by atoms with Gasteiger partial charge in [0.05, 0.1) is 11.6 Å². The van der Waals surface area contributed by atoms with Crippen LogP contribution in [0.4, 0.5) is 10.8 Å². The number of hydrogen-bond donors (Lipinski definition) is 2. The zero-order valence-electron chi connectivity index (χ0n) is 16.8. The number of hydrogen-bond acceptors (Lipinski definition) is 4. The minimum atomic E-state index is -0.307. The number of benzene rings is 2. The van der Waals surface area contributed by atoms with Crippen molar-refractivity contribution >= 4 is 49.9 Å². The highest BCUT2D eigenvalue weighted by Crippen LogP contribution is 2.37. The number of aromatic nitrogens is 1. The number of carbonyl (C=O) groups excluding carboxylic acids is 2. The van der Waals surface area contributed by atoms with E-state index in [4.69, 9.17) is 0 Å². The molecule has 1 aliphatic rings. The molecule has 1 atom stereocenters. The maximum atomic E-state index is 13.0. The van der Waals surface area contributed by atoms with E-state index in [1.807, 2.05) is 44.2 Å². The molecule has 0 radical (unpaired) electrons. The molecule has 30 heavy (non-hydrogen) atoms. The first-order valence-corrected chi connectivity index (χ1v) is 11.5. The van der Waals surface area contributed by atoms with Crippen molar-refractivity contribution in [3.63, 3.8) is 0 Å². The Morgan fingerprint density at radius 2 is 1.87 bits per heavy atom. The summed E-state index contributed by atoms with van der Waals surface area (Å²) in [4.78, 5) is 31.2. The lowest BCUT2D eigenvalue weighted by Crippen LogP contribution is -2.24. The van der Waals surface area contributed by atoms with Crippen molar-refractivity contribution in [2.24, 2.45) is 0 Å². The van der Waals surface area contributed by atoms with Gasteiger partial charge >= 0.3 is 0 Å². The van der Waals surface area contributed by atoms with E-state index in [1.54, 1.807) is 12.1 Å². The Bertz CT molecular complexity index is 1110. The van der Waals surface area contributed by atoms with Crippen LogP contribution in [0, 0.1) is 13.8 Å². The van der Waals surface area contributed by atoms with Crippen LogP contribution < -0.4 is 10.6 Å². The lowest BCUT2D eigenvalue weighted by molar-refractivity contribution is -0.117. The lowest BCUT2D eigenvalue weighted by atomic mass is 9.90. The summed E-state index contributed by atoms with van der Waals surface area (Å²) in [6.45, 7) is 3.97. The normalized spacial score (nSPS) is 15.4. The van der Waals surface area contributed by atoms with Gasteiger partial charge in [0.1, 0.15) is 0 Å². The Morgan fingerprint density at radius 3 is 2.60 bits per heavy atom. The Kier molecular flexibility index (Phi) is 6.01. The Balaban J connectivity index is 1.50. The van der Waals surface area contributed by atoms with Crippen LogP contribution in [0.1, 0.15) is 50.8 Å². The summed E-state index contributed by atoms with van der Waals surface area (Å²) in [6, 6.07) is 13.2. The number of anilines is 2. The topological polar surface area (TPSA) is 71.1 Å². The van der Waals surface area contributed by atoms with Gasteiger partial charge in [0.15, 0.2) is 5.13 Å². The van der Waals surface area contributed by atoms with Gasteiger partial charge in [-0.2, -0.15) is 0 Å². The number of nitrogens with one attached hydrogen (secondary N) is 2. The molecule has 2 amide bonds. The summed E-state index contributed by atoms with van der Waals surface area (Å²) in [5, 5.41) is 6.45. The summed E-state index contributed by atoms with van der Waals surface area (Å²) in [6.07, 6.45) is 2.57. The lowest BCUT2D eigenvalue weighted by Gasteiger charge is -2.20. The van der Waals surface area contributed by atoms with Gasteiger partial charge in [0.2, 0.25) is 5.91 Å². The zero-order valence-corrected chi connectivity index (χ0v) is 19.2. The third-order valence-corrected chi connectivity index (χ3v) is 7.17. The van der Waals surface area contributed by atoms with Gasteiger partial charge in [-0.05, 0) is 69.0 Å². The van der Waals surface area contributed by atoms with Crippen LogP contribution in [0.25, 0.3) is 0 Å². The highest BCUT2D eigenvalue weighted by atomic mass is 79.9. The second-order valence-electron chi connectivity index (χ2n) is 7.55. The maximum Gasteiger partial charge on any atom is 0.257 e. The van der Waals surface area contributed by atoms with Gasteiger partial charge in [-0.3, -0.25) is 14.9 Å². The molecule has 1 aliphatic carbocycles. The summed E-state index contributed by atoms with van der Waals surface area (Å²) < 4.78 is 1.01. The number of halogens is 1. The fourth-order valence-corrected chi connectivity index (χ4v) is 4.86. The number of nitrogens with zero attached hydrogens (tertiary/aromatic N) is 1. The van der Waals surface area contributed by atoms with Crippen LogP contribution >= 0.6 is 27.3 Å². The Hall–Kier alpha value is -2.51. The van der Waals surface area contributed by atoms with Gasteiger partial charge < -0.3 is 5.32 Å². The van der Waals surface area contributed by atoms with E-state index in [0.717, 1.165) is 51.1 Å². The van der Waals surface area contributed by atoms with Crippen LogP contribution in [0.3, 0.4) is 0 Å². The third-order valence-electron chi connectivity index (χ3n) is 5.23. The number of fused-ring (bicyclic) bond motifs is 1. The monoisotopic (exact) mass is 483 g/mol. The van der Waals surface area contributed by atoms with Gasteiger partial charge in [-0.25, -0.2) is 4.98 Å². The van der Waals surface area contributed by atoms with E-state index in [2.05, 4.69) is 31.5 Å². The van der Waals surface area contributed by atoms with E-state index < -0.39 is 0 Å². The number of rotatable bonds is 4. The van der Waals surface area contributed by atoms with E-state index in [1.165, 1.54) is 11.3 Å². The summed E-state index contributed by atoms with van der Waals surface area (Å²) >= 11 is 4.94. The Labute approximate surface area is 188 Å². The molecule has 154 valence electrons. The molecule has 0 spiro atoms. The van der Waals surface area contributed by atoms with Crippen LogP contribution in [-0.2, 0) is 11.2 Å². The van der Waals surface area contributed by atoms with Crippen LogP contribution in [0.5, 0.6) is 0 Å². The number of aryl methyl sites for hydroxylation is 3. The van der Waals surface area contributed by atoms with Crippen LogP contribution in [-0.4, -0.2) is 16.8 Å². The number of carbonyl (C=O) groups is 2. The average molecular weight is 484 g/mol. The molecule has 5 nitrogen and oxygen atoms in total. The molecule has 7 heteroatoms. The average Bonchev–Trinajstić information content (AvgIpc) is 3.13. The van der Waals surface area contributed by atoms with Gasteiger partial charge in [-0.15, -0.1) is 11.3 Å². The summed E-state index contributed by atoms with van der Waals surface area (Å²) in [7, 11) is 0. The molecule has 0 bridgehead atoms. The van der Waals surface area contributed by atoms with E-state index in [9.17, 15) is 9.59 Å². The third kappa shape index (κ3) is 4.47. The standard InChI is InChI=1S/C23H22BrN3O2S/c1-13-6-8-15(9-7-13)21(28)27-23-26-20-17(4-3-5-19(20)30-23)22(29)25-16-10-11-18(24)14(2)12-16/h6-12,17H,3-5H2,1-2H3,(H,25,29)(H,26,27,28). The van der Waals surface area contributed by atoms with Crippen molar-refractivity contribution < 1.29 is 9.59 Å². The zero-order chi connectivity index (χ0) is 21.3. The van der Waals surface area contributed by atoms with Crippen LogP contribution in [0.15, 0.2) is 46.9 Å². The predicted molar refractivity (Wildman–Crippen MR) is 124 cm³/mol. The van der Waals surface area contributed by atoms with E-state index in [-0.39, 0.29) is 17.7 Å². The molecule has 0 saturated carbocycles. The first-order chi connectivity index (χ1) is 14.4. The first kappa shape index (κ1) is 20.8. The number of thiazole rings is 1. The summed E-state index contributed by atoms with van der Waals surface area (Å²) in [5.41, 5.74) is 4.32. The molecule has 1 heterocycles. The largest absolute Gasteiger partial charge is 0.326 e. The Morgan fingerprint density at radius 1 is 1.10 bits per heavy atom. The minimum Gasteiger partial charge on any atom is -0.326 e. The molecule has 2 aromatic carbocycles. The molecule has 3 aromatic rings. The molecule has 0 fully saturated rings. The van der Waals surface area contributed by atoms with Crippen molar-refractivity contribution in [3.8, 4) is 0 Å². The van der Waals surface area contributed by atoms with E-state index in [0.29, 0.717) is 10.7 Å². The minimum absolute atomic E-state index is 0.0561. The number of amides is 2. The van der Waals surface area contributed by atoms with Crippen molar-refractivity contribution in [2.45, 2.75) is 39.0 Å². The van der Waals surface area contributed by atoms with Gasteiger partial charge in [0.25, 0.3) is 5.91 Å². The van der Waals surface area contributed by atoms with Crippen molar-refractivity contribution in [1.82, 2.24) is 4.98 Å². The van der Waals surface area contributed by atoms with Gasteiger partial charge in [-0.1, -0.05) is 33.6 Å². The van der Waals surface area contributed by atoms with Crippen molar-refractivity contribution in [1.29, 1.82) is 0 Å². The molecule has 0 saturated heterocycles. The second-order valence-corrected chi connectivity index (χ2v) is 9.48. The molecular weight excluding hydrogens is 462 g/mol. The fourth-order valence-electron chi connectivity index (χ4n) is 3.55. The predicted octanol–water partition coefficient (Wildman–Crippen LogP) is 5.83. The fraction of sp³-hybridized carbons (Fsp3) is 0.261. The van der Waals surface area contributed by atoms with Gasteiger partial charge in [0, 0.05) is 20.6 Å². The SMILES string of the molecule is Cc1ccc(C(=O)Nc2nc3c(s2)CCCC3C(=O)Nc2ccc(Br)c(C)c2)cc1. The highest BCUT2D eigenvalue weighted by molar-refractivity contribution is 9.10. The maximum absolute atomic E-state index is 13.0. The van der Waals surface area contributed by atoms with Crippen molar-refractivity contribution in [2.75, 3.05) is 10.6 Å². The van der Waals surface area contributed by atoms with Crippen LogP contribution in [0.2, 0.25) is 0 Å². The quantitative estimate of drug-likeness (QED) is 0.489. The molecule has 1 aromatic heterocycles. The smallest absolute Gasteiger partial charge is 0.257 e. The first-order valence-electron chi connectivity index (χ1n) is 9.85. The molecule has 2 N–H and O–H groups in total. The summed E-state index contributed by atoms with van der Waals surface area (Å²) in [5.74, 6) is -0.550. The second kappa shape index (κ2) is 8.70. The molecule has 1 unspecified atom stereocenters. The van der Waals surface area contributed by atoms with E-state index >= 15 is 0 Å².